The highest BCUT2D eigenvalue weighted by Crippen LogP contribution is 2.34. The molecule has 0 bridgehead atoms. The van der Waals surface area contributed by atoms with Crippen LogP contribution in [0.25, 0.3) is 10.6 Å². The highest BCUT2D eigenvalue weighted by Gasteiger charge is 2.31. The third-order valence-corrected chi connectivity index (χ3v) is 8.08. The Hall–Kier alpha value is -2.22. The van der Waals surface area contributed by atoms with Gasteiger partial charge in [0.15, 0.2) is 0 Å². The molecule has 2 heterocycles. The number of aromatic nitrogens is 1. The number of rotatable bonds is 5. The van der Waals surface area contributed by atoms with Crippen LogP contribution in [0.2, 0.25) is 0 Å². The molecule has 0 fully saturated rings. The van der Waals surface area contributed by atoms with Crippen LogP contribution in [0.1, 0.15) is 23.1 Å². The van der Waals surface area contributed by atoms with Crippen molar-refractivity contribution in [3.8, 4) is 16.3 Å². The van der Waals surface area contributed by atoms with Crippen molar-refractivity contribution in [2.24, 2.45) is 0 Å². The lowest BCUT2D eigenvalue weighted by Gasteiger charge is -2.26. The molecule has 0 saturated carbocycles. The molecule has 1 aliphatic rings. The maximum absolute atomic E-state index is 13.2. The van der Waals surface area contributed by atoms with E-state index in [1.165, 1.54) is 0 Å². The molecule has 0 amide bonds. The van der Waals surface area contributed by atoms with Crippen molar-refractivity contribution < 1.29 is 13.2 Å². The Morgan fingerprint density at radius 2 is 1.89 bits per heavy atom. The first-order valence-corrected chi connectivity index (χ1v) is 11.5. The maximum atomic E-state index is 13.2. The fourth-order valence-electron chi connectivity index (χ4n) is 3.42. The van der Waals surface area contributed by atoms with Crippen LogP contribution in [-0.2, 0) is 29.4 Å². The molecule has 1 aromatic heterocycles. The lowest BCUT2D eigenvalue weighted by atomic mass is 10.2. The largest absolute Gasteiger partial charge is 0.497 e. The molecule has 0 aliphatic carbocycles. The molecule has 0 N–H and O–H groups in total. The number of benzene rings is 2. The summed E-state index contributed by atoms with van der Waals surface area (Å²) in [5, 5.41) is 0.917. The average Bonchev–Trinajstić information content (AvgIpc) is 3.17. The minimum absolute atomic E-state index is 0.379. The zero-order valence-electron chi connectivity index (χ0n) is 15.9. The number of hydrogen-bond acceptors (Lipinski definition) is 5. The van der Waals surface area contributed by atoms with Gasteiger partial charge in [0.2, 0.25) is 10.0 Å². The summed E-state index contributed by atoms with van der Waals surface area (Å²) in [6.45, 7) is 2.82. The molecule has 4 rings (SSSR count). The van der Waals surface area contributed by atoms with Crippen molar-refractivity contribution in [1.29, 1.82) is 0 Å². The minimum atomic E-state index is -3.52. The fraction of sp³-hybridized carbons (Fsp3) is 0.286. The second-order valence-electron chi connectivity index (χ2n) is 6.67. The van der Waals surface area contributed by atoms with E-state index in [9.17, 15) is 8.42 Å². The van der Waals surface area contributed by atoms with E-state index >= 15 is 0 Å². The Balaban J connectivity index is 1.62. The normalized spacial score (nSPS) is 14.6. The third kappa shape index (κ3) is 3.45. The Bertz CT molecular complexity index is 1090. The summed E-state index contributed by atoms with van der Waals surface area (Å²) >= 11 is 1.57. The van der Waals surface area contributed by atoms with E-state index in [0.29, 0.717) is 30.8 Å². The first-order chi connectivity index (χ1) is 13.5. The van der Waals surface area contributed by atoms with Crippen LogP contribution in [0.4, 0.5) is 0 Å². The quantitative estimate of drug-likeness (QED) is 0.630. The number of sulfonamides is 1. The summed E-state index contributed by atoms with van der Waals surface area (Å²) < 4.78 is 33.2. The molecule has 0 spiro atoms. The highest BCUT2D eigenvalue weighted by molar-refractivity contribution is 7.89. The van der Waals surface area contributed by atoms with Gasteiger partial charge in [-0.15, -0.1) is 11.3 Å². The molecular formula is C21H22N2O3S2. The predicted octanol–water partition coefficient (Wildman–Crippen LogP) is 4.13. The SMILES string of the molecule is CCc1ccccc1S(=O)(=O)N1CCc2nc(-c3ccc(OC)cc3)sc2C1. The van der Waals surface area contributed by atoms with Crippen LogP contribution in [0.5, 0.6) is 5.75 Å². The summed E-state index contributed by atoms with van der Waals surface area (Å²) in [7, 11) is -1.87. The number of thiazole rings is 1. The van der Waals surface area contributed by atoms with E-state index < -0.39 is 10.0 Å². The van der Waals surface area contributed by atoms with Gasteiger partial charge in [-0.3, -0.25) is 0 Å². The van der Waals surface area contributed by atoms with Gasteiger partial charge >= 0.3 is 0 Å². The smallest absolute Gasteiger partial charge is 0.243 e. The Morgan fingerprint density at radius 3 is 2.61 bits per heavy atom. The summed E-state index contributed by atoms with van der Waals surface area (Å²) in [5.41, 5.74) is 2.88. The number of aryl methyl sites for hydroxylation is 1. The molecule has 0 radical (unpaired) electrons. The summed E-state index contributed by atoms with van der Waals surface area (Å²) in [5.74, 6) is 0.803. The molecular weight excluding hydrogens is 392 g/mol. The Morgan fingerprint density at radius 1 is 1.14 bits per heavy atom. The molecule has 2 aromatic carbocycles. The molecule has 28 heavy (non-hydrogen) atoms. The Labute approximate surface area is 169 Å². The minimum Gasteiger partial charge on any atom is -0.497 e. The van der Waals surface area contributed by atoms with Crippen molar-refractivity contribution in [2.75, 3.05) is 13.7 Å². The summed E-state index contributed by atoms with van der Waals surface area (Å²) in [6, 6.07) is 15.1. The van der Waals surface area contributed by atoms with Crippen molar-refractivity contribution in [3.05, 3.63) is 64.7 Å². The van der Waals surface area contributed by atoms with Crippen LogP contribution in [-0.4, -0.2) is 31.4 Å². The number of nitrogens with zero attached hydrogens (tertiary/aromatic N) is 2. The van der Waals surface area contributed by atoms with Crippen molar-refractivity contribution in [3.63, 3.8) is 0 Å². The molecule has 146 valence electrons. The van der Waals surface area contributed by atoms with Crippen LogP contribution < -0.4 is 4.74 Å². The second-order valence-corrected chi connectivity index (χ2v) is 9.66. The van der Waals surface area contributed by atoms with E-state index in [1.54, 1.807) is 34.9 Å². The summed E-state index contributed by atoms with van der Waals surface area (Å²) in [6.07, 6.45) is 1.33. The van der Waals surface area contributed by atoms with Gasteiger partial charge in [-0.1, -0.05) is 25.1 Å². The van der Waals surface area contributed by atoms with E-state index in [1.807, 2.05) is 43.3 Å². The van der Waals surface area contributed by atoms with E-state index in [4.69, 9.17) is 9.72 Å². The first-order valence-electron chi connectivity index (χ1n) is 9.24. The van der Waals surface area contributed by atoms with Gasteiger partial charge in [0.05, 0.1) is 24.2 Å². The lowest BCUT2D eigenvalue weighted by molar-refractivity contribution is 0.392. The first kappa shape index (κ1) is 19.1. The number of methoxy groups -OCH3 is 1. The average molecular weight is 415 g/mol. The number of hydrogen-bond donors (Lipinski definition) is 0. The third-order valence-electron chi connectivity index (χ3n) is 5.00. The molecule has 7 heteroatoms. The van der Waals surface area contributed by atoms with Gasteiger partial charge in [-0.2, -0.15) is 4.31 Å². The zero-order valence-corrected chi connectivity index (χ0v) is 17.5. The zero-order chi connectivity index (χ0) is 19.7. The molecule has 1 aliphatic heterocycles. The van der Waals surface area contributed by atoms with Crippen LogP contribution in [0, 0.1) is 0 Å². The molecule has 5 nitrogen and oxygen atoms in total. The van der Waals surface area contributed by atoms with Crippen molar-refractivity contribution in [1.82, 2.24) is 9.29 Å². The van der Waals surface area contributed by atoms with Crippen LogP contribution in [0.3, 0.4) is 0 Å². The second kappa shape index (κ2) is 7.66. The van der Waals surface area contributed by atoms with Crippen LogP contribution >= 0.6 is 11.3 Å². The van der Waals surface area contributed by atoms with Gasteiger partial charge in [0.25, 0.3) is 0 Å². The van der Waals surface area contributed by atoms with Crippen molar-refractivity contribution >= 4 is 21.4 Å². The lowest BCUT2D eigenvalue weighted by Crippen LogP contribution is -2.36. The van der Waals surface area contributed by atoms with Gasteiger partial charge in [0, 0.05) is 23.4 Å². The van der Waals surface area contributed by atoms with Gasteiger partial charge in [-0.25, -0.2) is 13.4 Å². The van der Waals surface area contributed by atoms with E-state index in [-0.39, 0.29) is 0 Å². The highest BCUT2D eigenvalue weighted by atomic mass is 32.2. The van der Waals surface area contributed by atoms with E-state index in [0.717, 1.165) is 32.5 Å². The van der Waals surface area contributed by atoms with Gasteiger partial charge in [0.1, 0.15) is 10.8 Å². The van der Waals surface area contributed by atoms with Gasteiger partial charge in [-0.05, 0) is 42.3 Å². The van der Waals surface area contributed by atoms with E-state index in [2.05, 4.69) is 0 Å². The molecule has 3 aromatic rings. The Kier molecular flexibility index (Phi) is 5.23. The van der Waals surface area contributed by atoms with Gasteiger partial charge < -0.3 is 4.74 Å². The topological polar surface area (TPSA) is 59.5 Å². The molecule has 0 unspecified atom stereocenters. The number of fused-ring (bicyclic) bond motifs is 1. The van der Waals surface area contributed by atoms with Crippen LogP contribution in [0.15, 0.2) is 53.4 Å². The predicted molar refractivity (Wildman–Crippen MR) is 111 cm³/mol. The fourth-order valence-corrected chi connectivity index (χ4v) is 6.33. The monoisotopic (exact) mass is 414 g/mol. The molecule has 0 atom stereocenters. The standard InChI is InChI=1S/C21H22N2O3S2/c1-3-15-6-4-5-7-20(15)28(24,25)23-13-12-18-19(14-23)27-21(22-18)16-8-10-17(26-2)11-9-16/h4-11H,3,12-14H2,1-2H3. The summed E-state index contributed by atoms with van der Waals surface area (Å²) in [4.78, 5) is 6.20. The number of ether oxygens (including phenoxy) is 1. The molecule has 0 saturated heterocycles. The van der Waals surface area contributed by atoms with Crippen molar-refractivity contribution in [2.45, 2.75) is 31.2 Å². The maximum Gasteiger partial charge on any atom is 0.243 e.